The van der Waals surface area contributed by atoms with Crippen LogP contribution in [0.25, 0.3) is 0 Å². The third-order valence-corrected chi connectivity index (χ3v) is 4.24. The zero-order chi connectivity index (χ0) is 14.5. The molecule has 1 aromatic carbocycles. The van der Waals surface area contributed by atoms with Gasteiger partial charge in [-0.25, -0.2) is 0 Å². The van der Waals surface area contributed by atoms with Crippen LogP contribution < -0.4 is 10.2 Å². The van der Waals surface area contributed by atoms with Crippen LogP contribution >= 0.6 is 15.9 Å². The molecule has 20 heavy (non-hydrogen) atoms. The van der Waals surface area contributed by atoms with E-state index in [1.54, 1.807) is 6.26 Å². The molecule has 4 heteroatoms. The van der Waals surface area contributed by atoms with Gasteiger partial charge in [0.25, 0.3) is 0 Å². The van der Waals surface area contributed by atoms with Crippen LogP contribution in [0.1, 0.15) is 31.2 Å². The van der Waals surface area contributed by atoms with Gasteiger partial charge in [0.1, 0.15) is 5.76 Å². The maximum Gasteiger partial charge on any atom is 0.123 e. The summed E-state index contributed by atoms with van der Waals surface area (Å²) in [5.41, 5.74) is 2.47. The highest BCUT2D eigenvalue weighted by Gasteiger charge is 2.12. The third kappa shape index (κ3) is 3.44. The van der Waals surface area contributed by atoms with Crippen LogP contribution in [0.5, 0.6) is 0 Å². The Morgan fingerprint density at radius 1 is 1.35 bits per heavy atom. The molecule has 3 nitrogen and oxygen atoms in total. The van der Waals surface area contributed by atoms with Gasteiger partial charge >= 0.3 is 0 Å². The van der Waals surface area contributed by atoms with Crippen LogP contribution in [0.3, 0.4) is 0 Å². The molecule has 1 aromatic heterocycles. The van der Waals surface area contributed by atoms with Crippen molar-refractivity contribution >= 4 is 21.6 Å². The van der Waals surface area contributed by atoms with Crippen LogP contribution in [0.15, 0.2) is 45.5 Å². The fraction of sp³-hybridized carbons (Fsp3) is 0.375. The second-order valence-corrected chi connectivity index (χ2v) is 5.66. The zero-order valence-electron chi connectivity index (χ0n) is 12.2. The quantitative estimate of drug-likeness (QED) is 0.849. The number of hydrogen-bond donors (Lipinski definition) is 1. The fourth-order valence-corrected chi connectivity index (χ4v) is 2.91. The number of anilines is 1. The van der Waals surface area contributed by atoms with E-state index in [4.69, 9.17) is 4.42 Å². The minimum Gasteiger partial charge on any atom is -0.467 e. The maximum absolute atomic E-state index is 5.43. The lowest BCUT2D eigenvalue weighted by Gasteiger charge is -2.23. The first-order chi connectivity index (χ1) is 9.65. The normalized spacial score (nSPS) is 12.4. The summed E-state index contributed by atoms with van der Waals surface area (Å²) in [4.78, 5) is 2.29. The molecule has 108 valence electrons. The first-order valence-corrected chi connectivity index (χ1v) is 7.69. The van der Waals surface area contributed by atoms with E-state index in [-0.39, 0.29) is 0 Å². The molecule has 0 aliphatic rings. The van der Waals surface area contributed by atoms with Crippen molar-refractivity contribution in [3.05, 3.63) is 52.4 Å². The van der Waals surface area contributed by atoms with Crippen molar-refractivity contribution in [1.29, 1.82) is 0 Å². The number of nitrogens with one attached hydrogen (secondary N) is 1. The predicted molar refractivity (Wildman–Crippen MR) is 87.0 cm³/mol. The van der Waals surface area contributed by atoms with Gasteiger partial charge in [-0.15, -0.1) is 0 Å². The molecule has 0 spiro atoms. The Morgan fingerprint density at radius 2 is 2.15 bits per heavy atom. The van der Waals surface area contributed by atoms with Crippen molar-refractivity contribution < 1.29 is 4.42 Å². The standard InChI is InChI=1S/C16H21BrN2O/c1-4-19(11-14-6-5-9-20-14)13-7-8-15(12(2)18-3)16(17)10-13/h5-10,12,18H,4,11H2,1-3H3. The van der Waals surface area contributed by atoms with Crippen LogP contribution in [0.2, 0.25) is 0 Å². The molecule has 0 bridgehead atoms. The highest BCUT2D eigenvalue weighted by atomic mass is 79.9. The molecule has 1 unspecified atom stereocenters. The van der Waals surface area contributed by atoms with Gasteiger partial charge in [-0.2, -0.15) is 0 Å². The lowest BCUT2D eigenvalue weighted by molar-refractivity contribution is 0.503. The molecule has 2 rings (SSSR count). The number of nitrogens with zero attached hydrogens (tertiary/aromatic N) is 1. The van der Waals surface area contributed by atoms with Crippen molar-refractivity contribution in [3.8, 4) is 0 Å². The van der Waals surface area contributed by atoms with Gasteiger partial charge in [0.15, 0.2) is 0 Å². The van der Waals surface area contributed by atoms with E-state index in [1.807, 2.05) is 19.2 Å². The summed E-state index contributed by atoms with van der Waals surface area (Å²) in [5, 5.41) is 3.26. The molecule has 0 fully saturated rings. The van der Waals surface area contributed by atoms with Crippen molar-refractivity contribution in [2.75, 3.05) is 18.5 Å². The van der Waals surface area contributed by atoms with E-state index >= 15 is 0 Å². The number of benzene rings is 1. The number of halogens is 1. The summed E-state index contributed by atoms with van der Waals surface area (Å²) >= 11 is 3.67. The first-order valence-electron chi connectivity index (χ1n) is 6.89. The topological polar surface area (TPSA) is 28.4 Å². The number of hydrogen-bond acceptors (Lipinski definition) is 3. The molecule has 1 atom stereocenters. The summed E-state index contributed by atoms with van der Waals surface area (Å²) in [6.07, 6.45) is 1.72. The van der Waals surface area contributed by atoms with Crippen molar-refractivity contribution in [1.82, 2.24) is 5.32 Å². The predicted octanol–water partition coefficient (Wildman–Crippen LogP) is 4.35. The summed E-state index contributed by atoms with van der Waals surface area (Å²) < 4.78 is 6.57. The van der Waals surface area contributed by atoms with Gasteiger partial charge < -0.3 is 14.6 Å². The lowest BCUT2D eigenvalue weighted by atomic mass is 10.1. The second-order valence-electron chi connectivity index (χ2n) is 4.81. The smallest absolute Gasteiger partial charge is 0.123 e. The summed E-state index contributed by atoms with van der Waals surface area (Å²) in [5.74, 6) is 0.982. The van der Waals surface area contributed by atoms with E-state index < -0.39 is 0 Å². The van der Waals surface area contributed by atoms with Crippen LogP contribution in [-0.4, -0.2) is 13.6 Å². The molecule has 0 saturated carbocycles. The molecule has 1 N–H and O–H groups in total. The molecular weight excluding hydrogens is 316 g/mol. The highest BCUT2D eigenvalue weighted by Crippen LogP contribution is 2.29. The molecule has 1 heterocycles. The molecule has 0 aliphatic carbocycles. The van der Waals surface area contributed by atoms with E-state index in [2.05, 4.69) is 58.2 Å². The molecule has 0 amide bonds. The average Bonchev–Trinajstić information content (AvgIpc) is 2.96. The van der Waals surface area contributed by atoms with Gasteiger partial charge in [0, 0.05) is 22.7 Å². The Bertz CT molecular complexity index is 539. The largest absolute Gasteiger partial charge is 0.467 e. The summed E-state index contributed by atoms with van der Waals surface area (Å²) in [6.45, 7) is 6.03. The molecule has 2 aromatic rings. The Hall–Kier alpha value is -1.26. The van der Waals surface area contributed by atoms with Crippen LogP contribution in [-0.2, 0) is 6.54 Å². The molecule has 0 saturated heterocycles. The first kappa shape index (κ1) is 15.1. The number of rotatable bonds is 6. The molecule has 0 radical (unpaired) electrons. The van der Waals surface area contributed by atoms with Crippen molar-refractivity contribution in [2.45, 2.75) is 26.4 Å². The summed E-state index contributed by atoms with van der Waals surface area (Å²) in [6, 6.07) is 10.8. The van der Waals surface area contributed by atoms with Crippen LogP contribution in [0.4, 0.5) is 5.69 Å². The van der Waals surface area contributed by atoms with Gasteiger partial charge in [-0.1, -0.05) is 22.0 Å². The van der Waals surface area contributed by atoms with Gasteiger partial charge in [0.05, 0.1) is 12.8 Å². The van der Waals surface area contributed by atoms with Crippen molar-refractivity contribution in [3.63, 3.8) is 0 Å². The number of furan rings is 1. The van der Waals surface area contributed by atoms with Crippen molar-refractivity contribution in [2.24, 2.45) is 0 Å². The van der Waals surface area contributed by atoms with E-state index in [1.165, 1.54) is 11.3 Å². The van der Waals surface area contributed by atoms with Gasteiger partial charge in [-0.3, -0.25) is 0 Å². The fourth-order valence-electron chi connectivity index (χ4n) is 2.20. The monoisotopic (exact) mass is 336 g/mol. The van der Waals surface area contributed by atoms with Gasteiger partial charge in [0.2, 0.25) is 0 Å². The van der Waals surface area contributed by atoms with Crippen LogP contribution in [0, 0.1) is 0 Å². The Kier molecular flexibility index (Phi) is 5.26. The lowest BCUT2D eigenvalue weighted by Crippen LogP contribution is -2.22. The molecular formula is C16H21BrN2O. The van der Waals surface area contributed by atoms with E-state index in [9.17, 15) is 0 Å². The molecule has 0 aliphatic heterocycles. The third-order valence-electron chi connectivity index (χ3n) is 3.56. The Labute approximate surface area is 129 Å². The maximum atomic E-state index is 5.43. The highest BCUT2D eigenvalue weighted by molar-refractivity contribution is 9.10. The minimum absolute atomic E-state index is 0.332. The minimum atomic E-state index is 0.332. The second kappa shape index (κ2) is 6.95. The Balaban J connectivity index is 2.20. The summed E-state index contributed by atoms with van der Waals surface area (Å²) in [7, 11) is 1.97. The average molecular weight is 337 g/mol. The van der Waals surface area contributed by atoms with E-state index in [0.717, 1.165) is 23.3 Å². The Morgan fingerprint density at radius 3 is 2.70 bits per heavy atom. The SMILES string of the molecule is CCN(Cc1ccco1)c1ccc(C(C)NC)c(Br)c1. The van der Waals surface area contributed by atoms with E-state index in [0.29, 0.717) is 6.04 Å². The van der Waals surface area contributed by atoms with Gasteiger partial charge in [-0.05, 0) is 50.7 Å². The zero-order valence-corrected chi connectivity index (χ0v) is 13.8.